The molecule has 0 aliphatic carbocycles. The normalized spacial score (nSPS) is 24.9. The largest absolute Gasteiger partial charge is 0.465 e. The van der Waals surface area contributed by atoms with Crippen LogP contribution in [0.2, 0.25) is 0 Å². The lowest BCUT2D eigenvalue weighted by Gasteiger charge is -2.15. The van der Waals surface area contributed by atoms with Crippen LogP contribution in [0, 0.1) is 6.92 Å². The fourth-order valence-electron chi connectivity index (χ4n) is 1.70. The Morgan fingerprint density at radius 1 is 1.54 bits per heavy atom. The first kappa shape index (κ1) is 8.78. The first-order valence-corrected chi connectivity index (χ1v) is 4.71. The van der Waals surface area contributed by atoms with Crippen molar-refractivity contribution in [1.82, 2.24) is 0 Å². The molecule has 2 rings (SSSR count). The Labute approximate surface area is 77.9 Å². The second kappa shape index (κ2) is 3.52. The van der Waals surface area contributed by atoms with Crippen LogP contribution in [0.15, 0.2) is 16.5 Å². The quantitative estimate of drug-likeness (QED) is 0.756. The average molecular weight is 181 g/mol. The molecule has 0 saturated carbocycles. The summed E-state index contributed by atoms with van der Waals surface area (Å²) >= 11 is 0. The van der Waals surface area contributed by atoms with Crippen molar-refractivity contribution < 1.29 is 9.15 Å². The number of furan rings is 1. The summed E-state index contributed by atoms with van der Waals surface area (Å²) in [5.74, 6) is 1.74. The molecule has 1 aliphatic heterocycles. The molecule has 3 nitrogen and oxygen atoms in total. The van der Waals surface area contributed by atoms with Crippen molar-refractivity contribution in [3.63, 3.8) is 0 Å². The molecule has 0 aromatic carbocycles. The van der Waals surface area contributed by atoms with E-state index in [9.17, 15) is 0 Å². The summed E-state index contributed by atoms with van der Waals surface area (Å²) in [6.07, 6.45) is 2.30. The Balaban J connectivity index is 2.07. The molecule has 72 valence electrons. The zero-order chi connectivity index (χ0) is 9.26. The summed E-state index contributed by atoms with van der Waals surface area (Å²) in [4.78, 5) is 0. The van der Waals surface area contributed by atoms with Gasteiger partial charge in [0.05, 0.1) is 12.1 Å². The lowest BCUT2D eigenvalue weighted by Crippen LogP contribution is -2.24. The Kier molecular flexibility index (Phi) is 2.38. The zero-order valence-electron chi connectivity index (χ0n) is 7.82. The van der Waals surface area contributed by atoms with Crippen LogP contribution < -0.4 is 5.73 Å². The minimum Gasteiger partial charge on any atom is -0.465 e. The highest BCUT2D eigenvalue weighted by atomic mass is 16.5. The molecule has 1 aliphatic rings. The van der Waals surface area contributed by atoms with Gasteiger partial charge in [-0.05, 0) is 31.9 Å². The SMILES string of the molecule is Cc1ccc(C(N)[C@H]2CCCO2)o1. The summed E-state index contributed by atoms with van der Waals surface area (Å²) in [6, 6.07) is 3.77. The van der Waals surface area contributed by atoms with Gasteiger partial charge in [0.25, 0.3) is 0 Å². The van der Waals surface area contributed by atoms with E-state index in [0.717, 1.165) is 31.0 Å². The van der Waals surface area contributed by atoms with Crippen LogP contribution in [0.3, 0.4) is 0 Å². The van der Waals surface area contributed by atoms with Crippen molar-refractivity contribution in [2.45, 2.75) is 31.9 Å². The summed E-state index contributed by atoms with van der Waals surface area (Å²) in [5, 5.41) is 0. The fraction of sp³-hybridized carbons (Fsp3) is 0.600. The van der Waals surface area contributed by atoms with Gasteiger partial charge in [-0.2, -0.15) is 0 Å². The molecule has 0 bridgehead atoms. The zero-order valence-corrected chi connectivity index (χ0v) is 7.82. The molecule has 1 aromatic rings. The van der Waals surface area contributed by atoms with Crippen molar-refractivity contribution >= 4 is 0 Å². The van der Waals surface area contributed by atoms with Crippen molar-refractivity contribution in [3.05, 3.63) is 23.7 Å². The lowest BCUT2D eigenvalue weighted by molar-refractivity contribution is 0.0836. The maximum atomic E-state index is 5.99. The fourth-order valence-corrected chi connectivity index (χ4v) is 1.70. The van der Waals surface area contributed by atoms with Gasteiger partial charge in [0.2, 0.25) is 0 Å². The minimum absolute atomic E-state index is 0.101. The van der Waals surface area contributed by atoms with E-state index < -0.39 is 0 Å². The first-order valence-electron chi connectivity index (χ1n) is 4.71. The monoisotopic (exact) mass is 181 g/mol. The molecule has 1 aromatic heterocycles. The second-order valence-electron chi connectivity index (χ2n) is 3.53. The number of ether oxygens (including phenoxy) is 1. The molecular weight excluding hydrogens is 166 g/mol. The average Bonchev–Trinajstić information content (AvgIpc) is 2.72. The summed E-state index contributed by atoms with van der Waals surface area (Å²) < 4.78 is 10.9. The maximum absolute atomic E-state index is 5.99. The Morgan fingerprint density at radius 2 is 2.38 bits per heavy atom. The lowest BCUT2D eigenvalue weighted by atomic mass is 10.1. The van der Waals surface area contributed by atoms with Crippen LogP contribution in [0.5, 0.6) is 0 Å². The Bertz CT molecular complexity index is 276. The van der Waals surface area contributed by atoms with Gasteiger partial charge in [-0.3, -0.25) is 0 Å². The van der Waals surface area contributed by atoms with E-state index in [1.54, 1.807) is 0 Å². The predicted molar refractivity (Wildman–Crippen MR) is 49.3 cm³/mol. The molecule has 0 spiro atoms. The molecule has 2 heterocycles. The summed E-state index contributed by atoms with van der Waals surface area (Å²) in [6.45, 7) is 2.75. The van der Waals surface area contributed by atoms with E-state index >= 15 is 0 Å². The van der Waals surface area contributed by atoms with Gasteiger partial charge in [0.15, 0.2) is 0 Å². The maximum Gasteiger partial charge on any atom is 0.123 e. The summed E-state index contributed by atoms with van der Waals surface area (Å²) in [7, 11) is 0. The van der Waals surface area contributed by atoms with E-state index in [2.05, 4.69) is 0 Å². The van der Waals surface area contributed by atoms with Gasteiger partial charge >= 0.3 is 0 Å². The molecule has 1 fully saturated rings. The van der Waals surface area contributed by atoms with Gasteiger partial charge < -0.3 is 14.9 Å². The van der Waals surface area contributed by atoms with Gasteiger partial charge in [0.1, 0.15) is 11.5 Å². The molecule has 2 N–H and O–H groups in total. The molecule has 0 amide bonds. The van der Waals surface area contributed by atoms with Crippen molar-refractivity contribution in [1.29, 1.82) is 0 Å². The predicted octanol–water partition coefficient (Wildman–Crippen LogP) is 1.77. The van der Waals surface area contributed by atoms with E-state index in [1.165, 1.54) is 0 Å². The standard InChI is InChI=1S/C10H15NO2/c1-7-4-5-9(13-7)10(11)8-3-2-6-12-8/h4-5,8,10H,2-3,6,11H2,1H3/t8-,10?/m1/s1. The van der Waals surface area contributed by atoms with E-state index in [-0.39, 0.29) is 12.1 Å². The molecule has 3 heteroatoms. The smallest absolute Gasteiger partial charge is 0.123 e. The number of aryl methyl sites for hydroxylation is 1. The summed E-state index contributed by atoms with van der Waals surface area (Å²) in [5.41, 5.74) is 5.99. The van der Waals surface area contributed by atoms with Gasteiger partial charge in [0, 0.05) is 6.61 Å². The van der Waals surface area contributed by atoms with Gasteiger partial charge in [-0.1, -0.05) is 0 Å². The highest BCUT2D eigenvalue weighted by molar-refractivity contribution is 5.10. The number of hydrogen-bond acceptors (Lipinski definition) is 3. The number of nitrogens with two attached hydrogens (primary N) is 1. The van der Waals surface area contributed by atoms with Crippen LogP contribution in [0.25, 0.3) is 0 Å². The first-order chi connectivity index (χ1) is 6.27. The van der Waals surface area contributed by atoms with Crippen molar-refractivity contribution in [2.24, 2.45) is 5.73 Å². The van der Waals surface area contributed by atoms with Gasteiger partial charge in [-0.15, -0.1) is 0 Å². The van der Waals surface area contributed by atoms with E-state index in [4.69, 9.17) is 14.9 Å². The van der Waals surface area contributed by atoms with E-state index in [1.807, 2.05) is 19.1 Å². The third-order valence-corrected chi connectivity index (χ3v) is 2.46. The van der Waals surface area contributed by atoms with Crippen LogP contribution in [-0.2, 0) is 4.74 Å². The number of rotatable bonds is 2. The van der Waals surface area contributed by atoms with Crippen LogP contribution in [0.1, 0.15) is 30.4 Å². The highest BCUT2D eigenvalue weighted by Gasteiger charge is 2.25. The third-order valence-electron chi connectivity index (χ3n) is 2.46. The van der Waals surface area contributed by atoms with E-state index in [0.29, 0.717) is 0 Å². The molecule has 2 atom stereocenters. The minimum atomic E-state index is -0.101. The second-order valence-corrected chi connectivity index (χ2v) is 3.53. The van der Waals surface area contributed by atoms with Crippen LogP contribution in [0.4, 0.5) is 0 Å². The van der Waals surface area contributed by atoms with Crippen molar-refractivity contribution in [2.75, 3.05) is 6.61 Å². The molecular formula is C10H15NO2. The molecule has 0 radical (unpaired) electrons. The highest BCUT2D eigenvalue weighted by Crippen LogP contribution is 2.25. The van der Waals surface area contributed by atoms with Crippen LogP contribution in [-0.4, -0.2) is 12.7 Å². The molecule has 1 unspecified atom stereocenters. The Morgan fingerprint density at radius 3 is 2.92 bits per heavy atom. The van der Waals surface area contributed by atoms with Gasteiger partial charge in [-0.25, -0.2) is 0 Å². The Hall–Kier alpha value is -0.800. The third kappa shape index (κ3) is 1.76. The molecule has 13 heavy (non-hydrogen) atoms. The van der Waals surface area contributed by atoms with Crippen molar-refractivity contribution in [3.8, 4) is 0 Å². The van der Waals surface area contributed by atoms with Crippen LogP contribution >= 0.6 is 0 Å². The molecule has 1 saturated heterocycles. The topological polar surface area (TPSA) is 48.4 Å². The number of hydrogen-bond donors (Lipinski definition) is 1.